The van der Waals surface area contributed by atoms with Gasteiger partial charge in [0.1, 0.15) is 12.4 Å². The van der Waals surface area contributed by atoms with E-state index in [1.165, 1.54) is 0 Å². The molecule has 0 heterocycles. The standard InChI is InChI=1S/C17H16O2/c18-13-5-4-6-15-9-11-17(12-10-15)19-14-16-7-2-1-3-8-16/h1-3,7-12,18H,5,13-14H2. The van der Waals surface area contributed by atoms with Crippen molar-refractivity contribution < 1.29 is 9.84 Å². The zero-order chi connectivity index (χ0) is 13.3. The van der Waals surface area contributed by atoms with E-state index < -0.39 is 0 Å². The number of aliphatic hydroxyl groups excluding tert-OH is 1. The predicted octanol–water partition coefficient (Wildman–Crippen LogP) is 3.00. The Bertz CT molecular complexity index is 547. The maximum Gasteiger partial charge on any atom is 0.119 e. The first kappa shape index (κ1) is 13.2. The van der Waals surface area contributed by atoms with Crippen LogP contribution in [0.1, 0.15) is 17.5 Å². The second kappa shape index (κ2) is 7.25. The van der Waals surface area contributed by atoms with Crippen LogP contribution in [0.25, 0.3) is 0 Å². The Labute approximate surface area is 113 Å². The third kappa shape index (κ3) is 4.50. The lowest BCUT2D eigenvalue weighted by molar-refractivity contribution is 0.305. The first-order valence-electron chi connectivity index (χ1n) is 6.25. The van der Waals surface area contributed by atoms with E-state index >= 15 is 0 Å². The summed E-state index contributed by atoms with van der Waals surface area (Å²) >= 11 is 0. The zero-order valence-electron chi connectivity index (χ0n) is 10.7. The van der Waals surface area contributed by atoms with Crippen LogP contribution < -0.4 is 4.74 Å². The lowest BCUT2D eigenvalue weighted by Gasteiger charge is -2.05. The van der Waals surface area contributed by atoms with Gasteiger partial charge in [-0.15, -0.1) is 0 Å². The number of benzene rings is 2. The van der Waals surface area contributed by atoms with E-state index in [9.17, 15) is 0 Å². The molecule has 96 valence electrons. The minimum Gasteiger partial charge on any atom is -0.489 e. The van der Waals surface area contributed by atoms with E-state index in [-0.39, 0.29) is 6.61 Å². The molecule has 0 amide bonds. The van der Waals surface area contributed by atoms with E-state index in [2.05, 4.69) is 11.8 Å². The molecule has 0 saturated heterocycles. The lowest BCUT2D eigenvalue weighted by Crippen LogP contribution is -1.94. The molecule has 2 heteroatoms. The third-order valence-corrected chi connectivity index (χ3v) is 2.57. The highest BCUT2D eigenvalue weighted by Crippen LogP contribution is 2.13. The molecule has 2 aromatic carbocycles. The van der Waals surface area contributed by atoms with Gasteiger partial charge in [-0.2, -0.15) is 0 Å². The summed E-state index contributed by atoms with van der Waals surface area (Å²) in [6.07, 6.45) is 0.506. The molecule has 0 fully saturated rings. The molecule has 0 spiro atoms. The Hall–Kier alpha value is -2.24. The minimum atomic E-state index is 0.102. The average Bonchev–Trinajstić information content (AvgIpc) is 2.48. The van der Waals surface area contributed by atoms with Gasteiger partial charge in [-0.05, 0) is 29.8 Å². The Balaban J connectivity index is 1.91. The molecule has 2 nitrogen and oxygen atoms in total. The Morgan fingerprint density at radius 2 is 1.68 bits per heavy atom. The highest BCUT2D eigenvalue weighted by atomic mass is 16.5. The van der Waals surface area contributed by atoms with E-state index in [4.69, 9.17) is 9.84 Å². The number of rotatable bonds is 4. The average molecular weight is 252 g/mol. The first-order valence-corrected chi connectivity index (χ1v) is 6.25. The van der Waals surface area contributed by atoms with Crippen molar-refractivity contribution in [3.63, 3.8) is 0 Å². The van der Waals surface area contributed by atoms with E-state index in [1.807, 2.05) is 54.6 Å². The zero-order valence-corrected chi connectivity index (χ0v) is 10.7. The summed E-state index contributed by atoms with van der Waals surface area (Å²) in [7, 11) is 0. The molecule has 0 bridgehead atoms. The molecule has 0 aliphatic carbocycles. The van der Waals surface area contributed by atoms with Gasteiger partial charge in [-0.25, -0.2) is 0 Å². The van der Waals surface area contributed by atoms with Crippen LogP contribution in [0.3, 0.4) is 0 Å². The molecule has 1 N–H and O–H groups in total. The van der Waals surface area contributed by atoms with Gasteiger partial charge in [0, 0.05) is 12.0 Å². The molecule has 0 radical (unpaired) electrons. The smallest absolute Gasteiger partial charge is 0.119 e. The molecule has 0 aliphatic rings. The number of ether oxygens (including phenoxy) is 1. The fraction of sp³-hybridized carbons (Fsp3) is 0.176. The van der Waals surface area contributed by atoms with Gasteiger partial charge in [0.15, 0.2) is 0 Å². The Morgan fingerprint density at radius 3 is 2.37 bits per heavy atom. The highest BCUT2D eigenvalue weighted by molar-refractivity contribution is 5.38. The van der Waals surface area contributed by atoms with E-state index in [0.717, 1.165) is 16.9 Å². The maximum absolute atomic E-state index is 8.64. The molecule has 0 aromatic heterocycles. The van der Waals surface area contributed by atoms with Crippen molar-refractivity contribution in [3.8, 4) is 17.6 Å². The van der Waals surface area contributed by atoms with Crippen molar-refractivity contribution in [2.24, 2.45) is 0 Å². The van der Waals surface area contributed by atoms with Crippen LogP contribution in [0.4, 0.5) is 0 Å². The number of hydrogen-bond acceptors (Lipinski definition) is 2. The molecular formula is C17H16O2. The van der Waals surface area contributed by atoms with Crippen molar-refractivity contribution in [2.45, 2.75) is 13.0 Å². The molecule has 0 unspecified atom stereocenters. The maximum atomic E-state index is 8.64. The van der Waals surface area contributed by atoms with E-state index in [0.29, 0.717) is 13.0 Å². The summed E-state index contributed by atoms with van der Waals surface area (Å²) in [5.74, 6) is 6.70. The molecule has 19 heavy (non-hydrogen) atoms. The van der Waals surface area contributed by atoms with Crippen molar-refractivity contribution in [1.29, 1.82) is 0 Å². The second-order valence-electron chi connectivity index (χ2n) is 4.07. The molecule has 2 aromatic rings. The summed E-state index contributed by atoms with van der Waals surface area (Å²) in [6.45, 7) is 0.668. The Morgan fingerprint density at radius 1 is 0.947 bits per heavy atom. The molecular weight excluding hydrogens is 236 g/mol. The quantitative estimate of drug-likeness (QED) is 0.848. The van der Waals surface area contributed by atoms with Crippen molar-refractivity contribution in [1.82, 2.24) is 0 Å². The van der Waals surface area contributed by atoms with Gasteiger partial charge in [0.05, 0.1) is 6.61 Å². The van der Waals surface area contributed by atoms with Crippen LogP contribution >= 0.6 is 0 Å². The van der Waals surface area contributed by atoms with E-state index in [1.54, 1.807) is 0 Å². The van der Waals surface area contributed by atoms with Gasteiger partial charge < -0.3 is 9.84 Å². The summed E-state index contributed by atoms with van der Waals surface area (Å²) in [5, 5.41) is 8.64. The summed E-state index contributed by atoms with van der Waals surface area (Å²) in [5.41, 5.74) is 2.08. The number of hydrogen-bond donors (Lipinski definition) is 1. The lowest BCUT2D eigenvalue weighted by atomic mass is 10.2. The largest absolute Gasteiger partial charge is 0.489 e. The van der Waals surface area contributed by atoms with Crippen molar-refractivity contribution in [2.75, 3.05) is 6.61 Å². The summed E-state index contributed by atoms with van der Waals surface area (Å²) in [4.78, 5) is 0. The molecule has 0 aliphatic heterocycles. The van der Waals surface area contributed by atoms with Crippen LogP contribution in [0.15, 0.2) is 54.6 Å². The highest BCUT2D eigenvalue weighted by Gasteiger charge is 1.95. The first-order chi connectivity index (χ1) is 9.38. The topological polar surface area (TPSA) is 29.5 Å². The van der Waals surface area contributed by atoms with Crippen molar-refractivity contribution in [3.05, 3.63) is 65.7 Å². The second-order valence-corrected chi connectivity index (χ2v) is 4.07. The fourth-order valence-electron chi connectivity index (χ4n) is 1.60. The van der Waals surface area contributed by atoms with Crippen LogP contribution in [-0.4, -0.2) is 11.7 Å². The van der Waals surface area contributed by atoms with Crippen molar-refractivity contribution >= 4 is 0 Å². The molecule has 2 rings (SSSR count). The normalized spacial score (nSPS) is 9.53. The van der Waals surface area contributed by atoms with Crippen LogP contribution in [0, 0.1) is 11.8 Å². The van der Waals surface area contributed by atoms with Gasteiger partial charge in [0.25, 0.3) is 0 Å². The van der Waals surface area contributed by atoms with Gasteiger partial charge in [-0.3, -0.25) is 0 Å². The fourth-order valence-corrected chi connectivity index (χ4v) is 1.60. The van der Waals surface area contributed by atoms with Crippen LogP contribution in [0.5, 0.6) is 5.75 Å². The van der Waals surface area contributed by atoms with Crippen LogP contribution in [-0.2, 0) is 6.61 Å². The predicted molar refractivity (Wildman–Crippen MR) is 75.8 cm³/mol. The molecule has 0 atom stereocenters. The SMILES string of the molecule is OCCC#Cc1ccc(OCc2ccccc2)cc1. The minimum absolute atomic E-state index is 0.102. The van der Waals surface area contributed by atoms with Gasteiger partial charge in [-0.1, -0.05) is 42.2 Å². The number of aliphatic hydroxyl groups is 1. The van der Waals surface area contributed by atoms with Gasteiger partial charge in [0.2, 0.25) is 0 Å². The Kier molecular flexibility index (Phi) is 5.04. The molecule has 0 saturated carbocycles. The monoisotopic (exact) mass is 252 g/mol. The summed E-state index contributed by atoms with van der Waals surface area (Å²) < 4.78 is 5.68. The van der Waals surface area contributed by atoms with Gasteiger partial charge >= 0.3 is 0 Å². The third-order valence-electron chi connectivity index (χ3n) is 2.57. The van der Waals surface area contributed by atoms with Crippen LogP contribution in [0.2, 0.25) is 0 Å². The summed E-state index contributed by atoms with van der Waals surface area (Å²) in [6, 6.07) is 17.7.